The number of alkyl halides is 2. The van der Waals surface area contributed by atoms with Crippen LogP contribution in [0.2, 0.25) is 0 Å². The predicted molar refractivity (Wildman–Crippen MR) is 110 cm³/mol. The summed E-state index contributed by atoms with van der Waals surface area (Å²) in [5.41, 5.74) is 5.26. The van der Waals surface area contributed by atoms with Crippen molar-refractivity contribution >= 4 is 17.9 Å². The van der Waals surface area contributed by atoms with Gasteiger partial charge in [0.2, 0.25) is 0 Å². The zero-order chi connectivity index (χ0) is 22.4. The molecule has 3 N–H and O–H groups in total. The Morgan fingerprint density at radius 2 is 1.87 bits per heavy atom. The number of halogens is 3. The van der Waals surface area contributed by atoms with Crippen LogP contribution in [-0.2, 0) is 15.1 Å². The van der Waals surface area contributed by atoms with E-state index in [9.17, 15) is 18.0 Å². The molecule has 0 saturated carbocycles. The summed E-state index contributed by atoms with van der Waals surface area (Å²) in [6, 6.07) is 9.74. The number of nitrogens with one attached hydrogen (secondary N) is 1. The molecule has 31 heavy (non-hydrogen) atoms. The van der Waals surface area contributed by atoms with E-state index in [1.807, 2.05) is 4.90 Å². The Balaban J connectivity index is 2.12. The van der Waals surface area contributed by atoms with E-state index in [0.717, 1.165) is 0 Å². The number of anilines is 1. The van der Waals surface area contributed by atoms with Crippen molar-refractivity contribution in [3.63, 3.8) is 0 Å². The third-order valence-corrected chi connectivity index (χ3v) is 4.98. The van der Waals surface area contributed by atoms with Gasteiger partial charge in [-0.15, -0.1) is 0 Å². The van der Waals surface area contributed by atoms with Gasteiger partial charge in [0.25, 0.3) is 0 Å². The molecule has 1 atom stereocenters. The molecule has 10 heteroatoms. The van der Waals surface area contributed by atoms with Gasteiger partial charge in [0, 0.05) is 20.1 Å². The summed E-state index contributed by atoms with van der Waals surface area (Å²) in [6.45, 7) is -1.07. The number of rotatable bonds is 7. The Kier molecular flexibility index (Phi) is 7.01. The summed E-state index contributed by atoms with van der Waals surface area (Å²) >= 11 is 0. The van der Waals surface area contributed by atoms with Gasteiger partial charge in [-0.1, -0.05) is 18.2 Å². The van der Waals surface area contributed by atoms with Gasteiger partial charge >= 0.3 is 6.61 Å². The van der Waals surface area contributed by atoms with Gasteiger partial charge in [-0.3, -0.25) is 4.79 Å². The van der Waals surface area contributed by atoms with E-state index >= 15 is 0 Å². The van der Waals surface area contributed by atoms with Gasteiger partial charge in [-0.25, -0.2) is 9.38 Å². The number of aldehydes is 1. The zero-order valence-electron chi connectivity index (χ0n) is 16.9. The number of carbonyl (C=O) groups excluding carboxylic acids is 1. The molecule has 0 bridgehead atoms. The number of carbonyl (C=O) groups is 1. The molecule has 1 unspecified atom stereocenters. The molecule has 2 aromatic rings. The molecule has 1 saturated heterocycles. The first kappa shape index (κ1) is 22.4. The van der Waals surface area contributed by atoms with Gasteiger partial charge in [-0.2, -0.15) is 8.78 Å². The highest BCUT2D eigenvalue weighted by Gasteiger charge is 2.36. The van der Waals surface area contributed by atoms with Crippen LogP contribution in [0.1, 0.15) is 11.1 Å². The maximum atomic E-state index is 14.6. The number of hydrogen-bond donors (Lipinski definition) is 2. The van der Waals surface area contributed by atoms with Gasteiger partial charge in [0.05, 0.1) is 18.9 Å². The monoisotopic (exact) mass is 436 g/mol. The third kappa shape index (κ3) is 4.91. The van der Waals surface area contributed by atoms with Crippen molar-refractivity contribution in [1.82, 2.24) is 5.32 Å². The van der Waals surface area contributed by atoms with Crippen molar-refractivity contribution < 1.29 is 27.4 Å². The molecule has 2 aromatic carbocycles. The molecule has 166 valence electrons. The van der Waals surface area contributed by atoms with Crippen LogP contribution >= 0.6 is 0 Å². The van der Waals surface area contributed by atoms with Crippen LogP contribution in [0, 0.1) is 5.82 Å². The van der Waals surface area contributed by atoms with Crippen LogP contribution in [0.15, 0.2) is 47.5 Å². The Morgan fingerprint density at radius 3 is 2.45 bits per heavy atom. The number of hydrogen-bond acceptors (Lipinski definition) is 5. The first-order chi connectivity index (χ1) is 14.9. The van der Waals surface area contributed by atoms with Crippen molar-refractivity contribution in [3.8, 4) is 5.75 Å². The third-order valence-electron chi connectivity index (χ3n) is 4.98. The number of nitrogens with two attached hydrogens (primary N) is 1. The second kappa shape index (κ2) is 9.69. The largest absolute Gasteiger partial charge is 0.435 e. The summed E-state index contributed by atoms with van der Waals surface area (Å²) in [5, 5.41) is 2.66. The SMILES string of the molecule is CN/C(N)=N\C(C=O)(c1ccc(OC(F)F)cc1)c1ccc(F)c(N2CCOCC2)c1. The summed E-state index contributed by atoms with van der Waals surface area (Å²) in [6.07, 6.45) is 0.580. The highest BCUT2D eigenvalue weighted by atomic mass is 19.3. The summed E-state index contributed by atoms with van der Waals surface area (Å²) in [4.78, 5) is 18.6. The lowest BCUT2D eigenvalue weighted by Crippen LogP contribution is -2.38. The molecule has 1 aliphatic heterocycles. The lowest BCUT2D eigenvalue weighted by Gasteiger charge is -2.31. The van der Waals surface area contributed by atoms with Gasteiger partial charge in [0.1, 0.15) is 11.6 Å². The fourth-order valence-electron chi connectivity index (χ4n) is 3.39. The van der Waals surface area contributed by atoms with Crippen LogP contribution in [0.4, 0.5) is 18.9 Å². The number of ether oxygens (including phenoxy) is 2. The van der Waals surface area contributed by atoms with Crippen LogP contribution in [0.5, 0.6) is 5.75 Å². The number of aliphatic imine (C=N–C) groups is 1. The lowest BCUT2D eigenvalue weighted by molar-refractivity contribution is -0.111. The molecule has 0 aromatic heterocycles. The maximum absolute atomic E-state index is 14.6. The fraction of sp³-hybridized carbons (Fsp3) is 0.333. The van der Waals surface area contributed by atoms with Crippen LogP contribution in [0.25, 0.3) is 0 Å². The van der Waals surface area contributed by atoms with Crippen molar-refractivity contribution in [2.24, 2.45) is 10.7 Å². The molecule has 3 rings (SSSR count). The Labute approximate surface area is 177 Å². The van der Waals surface area contributed by atoms with Crippen LogP contribution in [-0.4, -0.2) is 52.2 Å². The molecular formula is C21H23F3N4O3. The predicted octanol–water partition coefficient (Wildman–Crippen LogP) is 2.24. The number of benzene rings is 2. The van der Waals surface area contributed by atoms with E-state index in [2.05, 4.69) is 15.0 Å². The van der Waals surface area contributed by atoms with Gasteiger partial charge < -0.3 is 25.4 Å². The summed E-state index contributed by atoms with van der Waals surface area (Å²) in [5.74, 6) is -0.550. The Bertz CT molecular complexity index is 934. The minimum atomic E-state index is -2.98. The average molecular weight is 436 g/mol. The highest BCUT2D eigenvalue weighted by Crippen LogP contribution is 2.36. The first-order valence-electron chi connectivity index (χ1n) is 9.57. The quantitative estimate of drug-likeness (QED) is 0.393. The number of morpholine rings is 1. The van der Waals surface area contributed by atoms with E-state index in [1.54, 1.807) is 6.07 Å². The smallest absolute Gasteiger partial charge is 0.387 e. The van der Waals surface area contributed by atoms with E-state index in [1.165, 1.54) is 43.4 Å². The van der Waals surface area contributed by atoms with Crippen molar-refractivity contribution in [3.05, 3.63) is 59.4 Å². The minimum Gasteiger partial charge on any atom is -0.435 e. The van der Waals surface area contributed by atoms with Crippen LogP contribution < -0.4 is 20.7 Å². The van der Waals surface area contributed by atoms with Crippen molar-refractivity contribution in [2.75, 3.05) is 38.3 Å². The highest BCUT2D eigenvalue weighted by molar-refractivity contribution is 5.84. The maximum Gasteiger partial charge on any atom is 0.387 e. The van der Waals surface area contributed by atoms with Gasteiger partial charge in [0.15, 0.2) is 17.8 Å². The zero-order valence-corrected chi connectivity index (χ0v) is 16.9. The van der Waals surface area contributed by atoms with E-state index in [4.69, 9.17) is 10.5 Å². The Morgan fingerprint density at radius 1 is 1.23 bits per heavy atom. The molecule has 0 aliphatic carbocycles. The Hall–Kier alpha value is -3.27. The minimum absolute atomic E-state index is 0.0303. The fourth-order valence-corrected chi connectivity index (χ4v) is 3.39. The average Bonchev–Trinajstić information content (AvgIpc) is 2.78. The molecule has 0 amide bonds. The standard InChI is InChI=1S/C21H23F3N4O3/c1-26-20(25)27-21(13-29,14-2-5-16(6-3-14)31-19(23)24)15-4-7-17(22)18(12-15)28-8-10-30-11-9-28/h2-7,12-13,19H,8-11H2,1H3,(H3,25,26,27). The summed E-state index contributed by atoms with van der Waals surface area (Å²) in [7, 11) is 1.54. The van der Waals surface area contributed by atoms with Gasteiger partial charge in [-0.05, 0) is 35.4 Å². The molecule has 1 fully saturated rings. The summed E-state index contributed by atoms with van der Waals surface area (Å²) < 4.78 is 49.3. The van der Waals surface area contributed by atoms with E-state index in [-0.39, 0.29) is 11.7 Å². The molecule has 0 spiro atoms. The molecule has 0 radical (unpaired) electrons. The van der Waals surface area contributed by atoms with Crippen molar-refractivity contribution in [1.29, 1.82) is 0 Å². The van der Waals surface area contributed by atoms with Crippen LogP contribution in [0.3, 0.4) is 0 Å². The second-order valence-electron chi connectivity index (χ2n) is 6.80. The van der Waals surface area contributed by atoms with Crippen molar-refractivity contribution in [2.45, 2.75) is 12.2 Å². The number of guanidine groups is 1. The van der Waals surface area contributed by atoms with E-state index in [0.29, 0.717) is 49.4 Å². The first-order valence-corrected chi connectivity index (χ1v) is 9.57. The molecular weight excluding hydrogens is 413 g/mol. The lowest BCUT2D eigenvalue weighted by atomic mass is 9.84. The normalized spacial score (nSPS) is 16.7. The molecule has 1 aliphatic rings. The number of nitrogens with zero attached hydrogens (tertiary/aromatic N) is 2. The molecule has 7 nitrogen and oxygen atoms in total. The van der Waals surface area contributed by atoms with E-state index < -0.39 is 18.0 Å². The topological polar surface area (TPSA) is 89.2 Å². The molecule has 1 heterocycles. The second-order valence-corrected chi connectivity index (χ2v) is 6.80.